The molecule has 0 heterocycles. The van der Waals surface area contributed by atoms with Gasteiger partial charge >= 0.3 is 5.97 Å². The standard InChI is InChI=1S/C14H22N2O2S/c1-4-14(5-2,19-3)9-16-10-6-7-11(13(17)18)12(15)8-10/h6-8,16H,4-5,9,15H2,1-3H3,(H,17,18). The Labute approximate surface area is 118 Å². The van der Waals surface area contributed by atoms with E-state index in [9.17, 15) is 4.79 Å². The number of carboxylic acid groups (broad SMARTS) is 1. The zero-order valence-electron chi connectivity index (χ0n) is 11.7. The number of thioether (sulfide) groups is 1. The van der Waals surface area contributed by atoms with E-state index in [0.29, 0.717) is 5.69 Å². The van der Waals surface area contributed by atoms with Gasteiger partial charge in [-0.05, 0) is 37.3 Å². The maximum Gasteiger partial charge on any atom is 0.337 e. The SMILES string of the molecule is CCC(CC)(CNc1ccc(C(=O)O)c(N)c1)SC. The van der Waals surface area contributed by atoms with Crippen molar-refractivity contribution in [3.63, 3.8) is 0 Å². The van der Waals surface area contributed by atoms with E-state index in [-0.39, 0.29) is 10.3 Å². The Morgan fingerprint density at radius 2 is 2.05 bits per heavy atom. The van der Waals surface area contributed by atoms with Crippen LogP contribution in [-0.2, 0) is 0 Å². The van der Waals surface area contributed by atoms with E-state index < -0.39 is 5.97 Å². The molecule has 0 amide bonds. The van der Waals surface area contributed by atoms with Crippen LogP contribution in [0.25, 0.3) is 0 Å². The summed E-state index contributed by atoms with van der Waals surface area (Å²) >= 11 is 1.86. The first kappa shape index (κ1) is 15.7. The molecule has 1 aromatic carbocycles. The van der Waals surface area contributed by atoms with Crippen LogP contribution in [0, 0.1) is 0 Å². The summed E-state index contributed by atoms with van der Waals surface area (Å²) in [6.45, 7) is 5.21. The average Bonchev–Trinajstić information content (AvgIpc) is 2.40. The minimum atomic E-state index is -0.996. The molecule has 1 rings (SSSR count). The highest BCUT2D eigenvalue weighted by Crippen LogP contribution is 2.31. The first-order valence-corrected chi connectivity index (χ1v) is 7.62. The summed E-state index contributed by atoms with van der Waals surface area (Å²) in [6, 6.07) is 4.98. The third-order valence-corrected chi connectivity index (χ3v) is 5.21. The molecule has 0 atom stereocenters. The lowest BCUT2D eigenvalue weighted by atomic mass is 10.0. The smallest absolute Gasteiger partial charge is 0.337 e. The van der Waals surface area contributed by atoms with E-state index in [2.05, 4.69) is 25.4 Å². The molecule has 0 fully saturated rings. The first-order valence-electron chi connectivity index (χ1n) is 6.40. The van der Waals surface area contributed by atoms with E-state index >= 15 is 0 Å². The molecule has 0 aromatic heterocycles. The van der Waals surface area contributed by atoms with E-state index in [4.69, 9.17) is 10.8 Å². The Bertz CT molecular complexity index is 437. The second-order valence-corrected chi connectivity index (χ2v) is 5.83. The van der Waals surface area contributed by atoms with Crippen molar-refractivity contribution in [1.29, 1.82) is 0 Å². The molecule has 4 N–H and O–H groups in total. The predicted molar refractivity (Wildman–Crippen MR) is 83.1 cm³/mol. The number of hydrogen-bond donors (Lipinski definition) is 3. The molecule has 0 aliphatic rings. The molecule has 1 aromatic rings. The van der Waals surface area contributed by atoms with Gasteiger partial charge in [0.05, 0.1) is 5.56 Å². The first-order chi connectivity index (χ1) is 8.98. The van der Waals surface area contributed by atoms with Crippen LogP contribution >= 0.6 is 11.8 Å². The predicted octanol–water partition coefficient (Wildman–Crippen LogP) is 3.30. The minimum Gasteiger partial charge on any atom is -0.478 e. The number of nitrogens with one attached hydrogen (secondary N) is 1. The van der Waals surface area contributed by atoms with E-state index in [1.54, 1.807) is 18.2 Å². The van der Waals surface area contributed by atoms with Gasteiger partial charge in [-0.15, -0.1) is 0 Å². The average molecular weight is 282 g/mol. The fraction of sp³-hybridized carbons (Fsp3) is 0.500. The van der Waals surface area contributed by atoms with Crippen molar-refractivity contribution in [3.8, 4) is 0 Å². The summed E-state index contributed by atoms with van der Waals surface area (Å²) in [5.41, 5.74) is 7.03. The number of aromatic carboxylic acids is 1. The molecule has 0 aliphatic carbocycles. The lowest BCUT2D eigenvalue weighted by Gasteiger charge is -2.30. The van der Waals surface area contributed by atoms with Crippen molar-refractivity contribution in [2.24, 2.45) is 0 Å². The quantitative estimate of drug-likeness (QED) is 0.669. The third kappa shape index (κ3) is 3.80. The van der Waals surface area contributed by atoms with Crippen LogP contribution in [0.15, 0.2) is 18.2 Å². The molecule has 0 saturated heterocycles. The molecule has 0 bridgehead atoms. The fourth-order valence-electron chi connectivity index (χ4n) is 1.99. The summed E-state index contributed by atoms with van der Waals surface area (Å²) in [4.78, 5) is 10.9. The van der Waals surface area contributed by atoms with Gasteiger partial charge in [0.25, 0.3) is 0 Å². The zero-order valence-corrected chi connectivity index (χ0v) is 12.5. The zero-order chi connectivity index (χ0) is 14.5. The highest BCUT2D eigenvalue weighted by molar-refractivity contribution is 8.00. The van der Waals surface area contributed by atoms with Crippen molar-refractivity contribution >= 4 is 29.1 Å². The number of hydrogen-bond acceptors (Lipinski definition) is 4. The summed E-state index contributed by atoms with van der Waals surface area (Å²) in [7, 11) is 0. The molecule has 4 nitrogen and oxygen atoms in total. The molecular formula is C14H22N2O2S. The Balaban J connectivity index is 2.78. The number of nitrogens with two attached hydrogens (primary N) is 1. The molecule has 0 spiro atoms. The van der Waals surface area contributed by atoms with Crippen LogP contribution in [0.3, 0.4) is 0 Å². The van der Waals surface area contributed by atoms with E-state index in [1.165, 1.54) is 0 Å². The highest BCUT2D eigenvalue weighted by Gasteiger charge is 2.24. The van der Waals surface area contributed by atoms with Crippen LogP contribution in [0.5, 0.6) is 0 Å². The van der Waals surface area contributed by atoms with Gasteiger partial charge in [-0.25, -0.2) is 4.79 Å². The Hall–Kier alpha value is -1.36. The van der Waals surface area contributed by atoms with Crippen LogP contribution in [0.1, 0.15) is 37.0 Å². The highest BCUT2D eigenvalue weighted by atomic mass is 32.2. The molecule has 0 radical (unpaired) electrons. The monoisotopic (exact) mass is 282 g/mol. The molecule has 106 valence electrons. The lowest BCUT2D eigenvalue weighted by Crippen LogP contribution is -2.32. The van der Waals surface area contributed by atoms with Gasteiger partial charge in [0.1, 0.15) is 0 Å². The van der Waals surface area contributed by atoms with Crippen LogP contribution < -0.4 is 11.1 Å². The molecule has 5 heteroatoms. The normalized spacial score (nSPS) is 11.3. The molecule has 0 unspecified atom stereocenters. The fourth-order valence-corrected chi connectivity index (χ4v) is 2.79. The Kier molecular flexibility index (Phi) is 5.54. The third-order valence-electron chi connectivity index (χ3n) is 3.62. The van der Waals surface area contributed by atoms with Gasteiger partial charge in [-0.1, -0.05) is 13.8 Å². The van der Waals surface area contributed by atoms with Gasteiger partial charge in [-0.2, -0.15) is 11.8 Å². The summed E-state index contributed by atoms with van der Waals surface area (Å²) < 4.78 is 0.209. The van der Waals surface area contributed by atoms with Crippen molar-refractivity contribution in [1.82, 2.24) is 0 Å². The second-order valence-electron chi connectivity index (χ2n) is 4.55. The number of anilines is 2. The number of rotatable bonds is 7. The summed E-state index contributed by atoms with van der Waals surface area (Å²) in [6.07, 6.45) is 4.29. The van der Waals surface area contributed by atoms with Crippen LogP contribution in [-0.4, -0.2) is 28.6 Å². The molecule has 0 saturated carbocycles. The van der Waals surface area contributed by atoms with Crippen LogP contribution in [0.4, 0.5) is 11.4 Å². The Morgan fingerprint density at radius 3 is 2.47 bits per heavy atom. The Morgan fingerprint density at radius 1 is 1.42 bits per heavy atom. The minimum absolute atomic E-state index is 0.146. The van der Waals surface area contributed by atoms with Crippen molar-refractivity contribution in [3.05, 3.63) is 23.8 Å². The summed E-state index contributed by atoms with van der Waals surface area (Å²) in [5, 5.41) is 12.3. The molecular weight excluding hydrogens is 260 g/mol. The van der Waals surface area contributed by atoms with Gasteiger partial charge in [-0.3, -0.25) is 0 Å². The maximum atomic E-state index is 10.9. The van der Waals surface area contributed by atoms with Crippen molar-refractivity contribution in [2.75, 3.05) is 23.9 Å². The second kappa shape index (κ2) is 6.70. The topological polar surface area (TPSA) is 75.3 Å². The number of carboxylic acids is 1. The largest absolute Gasteiger partial charge is 0.478 e. The number of nitrogen functional groups attached to an aromatic ring is 1. The van der Waals surface area contributed by atoms with Crippen LogP contribution in [0.2, 0.25) is 0 Å². The number of benzene rings is 1. The molecule has 19 heavy (non-hydrogen) atoms. The maximum absolute atomic E-state index is 10.9. The van der Waals surface area contributed by atoms with Crippen molar-refractivity contribution in [2.45, 2.75) is 31.4 Å². The van der Waals surface area contributed by atoms with E-state index in [1.807, 2.05) is 11.8 Å². The lowest BCUT2D eigenvalue weighted by molar-refractivity contribution is 0.0698. The molecule has 0 aliphatic heterocycles. The van der Waals surface area contributed by atoms with Crippen molar-refractivity contribution < 1.29 is 9.90 Å². The summed E-state index contributed by atoms with van der Waals surface area (Å²) in [5.74, 6) is -0.996. The van der Waals surface area contributed by atoms with Gasteiger partial charge in [0.2, 0.25) is 0 Å². The van der Waals surface area contributed by atoms with Gasteiger partial charge < -0.3 is 16.2 Å². The van der Waals surface area contributed by atoms with E-state index in [0.717, 1.165) is 25.1 Å². The van der Waals surface area contributed by atoms with Gasteiger partial charge in [0, 0.05) is 22.7 Å². The van der Waals surface area contributed by atoms with Gasteiger partial charge in [0.15, 0.2) is 0 Å². The number of carbonyl (C=O) groups is 1.